The molecule has 0 fully saturated rings. The number of hydrogen-bond acceptors (Lipinski definition) is 2. The maximum atomic E-state index is 6.14. The van der Waals surface area contributed by atoms with Crippen LogP contribution in [0.25, 0.3) is 5.65 Å². The number of aromatic nitrogens is 3. The van der Waals surface area contributed by atoms with E-state index in [0.29, 0.717) is 11.1 Å². The molecule has 0 N–H and O–H groups in total. The van der Waals surface area contributed by atoms with E-state index >= 15 is 0 Å². The molecular weight excluding hydrogens is 186 g/mol. The van der Waals surface area contributed by atoms with Crippen LogP contribution in [0.3, 0.4) is 0 Å². The molecule has 0 saturated heterocycles. The molecule has 68 valence electrons. The second kappa shape index (κ2) is 3.00. The standard InChI is InChI=1S/C9H10ClN3/c1-6(2)7-3-4-8-11-5-12-13(8)9(7)10/h3-6H,1-2H3. The Morgan fingerprint density at radius 1 is 1.38 bits per heavy atom. The van der Waals surface area contributed by atoms with Crippen LogP contribution in [0.15, 0.2) is 18.5 Å². The molecule has 3 nitrogen and oxygen atoms in total. The van der Waals surface area contributed by atoms with Gasteiger partial charge < -0.3 is 0 Å². The second-order valence-corrected chi connectivity index (χ2v) is 3.62. The van der Waals surface area contributed by atoms with Gasteiger partial charge >= 0.3 is 0 Å². The highest BCUT2D eigenvalue weighted by atomic mass is 35.5. The van der Waals surface area contributed by atoms with Crippen LogP contribution in [-0.4, -0.2) is 14.6 Å². The molecule has 0 spiro atoms. The van der Waals surface area contributed by atoms with Gasteiger partial charge in [0.2, 0.25) is 0 Å². The van der Waals surface area contributed by atoms with E-state index in [9.17, 15) is 0 Å². The molecule has 0 aromatic carbocycles. The predicted molar refractivity (Wildman–Crippen MR) is 52.1 cm³/mol. The topological polar surface area (TPSA) is 30.2 Å². The van der Waals surface area contributed by atoms with E-state index in [0.717, 1.165) is 11.2 Å². The maximum absolute atomic E-state index is 6.14. The Labute approximate surface area is 81.4 Å². The minimum atomic E-state index is 0.404. The van der Waals surface area contributed by atoms with Crippen LogP contribution in [0, 0.1) is 0 Å². The van der Waals surface area contributed by atoms with Crippen LogP contribution in [0.2, 0.25) is 5.15 Å². The van der Waals surface area contributed by atoms with E-state index in [4.69, 9.17) is 11.6 Å². The Morgan fingerprint density at radius 2 is 2.15 bits per heavy atom. The van der Waals surface area contributed by atoms with E-state index in [1.54, 1.807) is 4.52 Å². The van der Waals surface area contributed by atoms with Gasteiger partial charge in [-0.05, 0) is 17.5 Å². The summed E-state index contributed by atoms with van der Waals surface area (Å²) in [5.41, 5.74) is 1.88. The second-order valence-electron chi connectivity index (χ2n) is 3.26. The molecule has 0 radical (unpaired) electrons. The molecule has 13 heavy (non-hydrogen) atoms. The number of rotatable bonds is 1. The lowest BCUT2D eigenvalue weighted by molar-refractivity contribution is 0.836. The molecule has 0 atom stereocenters. The maximum Gasteiger partial charge on any atom is 0.157 e. The van der Waals surface area contributed by atoms with Crippen LogP contribution in [-0.2, 0) is 0 Å². The molecule has 2 aromatic heterocycles. The van der Waals surface area contributed by atoms with Gasteiger partial charge in [0.15, 0.2) is 5.65 Å². The third kappa shape index (κ3) is 1.29. The fraction of sp³-hybridized carbons (Fsp3) is 0.333. The van der Waals surface area contributed by atoms with Crippen molar-refractivity contribution in [2.75, 3.05) is 0 Å². The van der Waals surface area contributed by atoms with E-state index in [-0.39, 0.29) is 0 Å². The van der Waals surface area contributed by atoms with Crippen molar-refractivity contribution in [1.82, 2.24) is 14.6 Å². The average Bonchev–Trinajstić information content (AvgIpc) is 2.52. The molecule has 0 aliphatic carbocycles. The van der Waals surface area contributed by atoms with E-state index in [1.165, 1.54) is 6.33 Å². The molecular formula is C9H10ClN3. The average molecular weight is 196 g/mol. The van der Waals surface area contributed by atoms with Crippen molar-refractivity contribution in [3.05, 3.63) is 29.2 Å². The van der Waals surface area contributed by atoms with Crippen LogP contribution < -0.4 is 0 Å². The zero-order valence-electron chi connectivity index (χ0n) is 7.53. The molecule has 2 aromatic rings. The zero-order chi connectivity index (χ0) is 9.42. The number of hydrogen-bond donors (Lipinski definition) is 0. The third-order valence-corrected chi connectivity index (χ3v) is 2.41. The van der Waals surface area contributed by atoms with Crippen LogP contribution in [0.1, 0.15) is 25.3 Å². The molecule has 0 aliphatic heterocycles. The fourth-order valence-electron chi connectivity index (χ4n) is 1.30. The van der Waals surface area contributed by atoms with E-state index in [2.05, 4.69) is 23.9 Å². The molecule has 0 aliphatic rings. The van der Waals surface area contributed by atoms with Gasteiger partial charge in [0.1, 0.15) is 11.5 Å². The summed E-state index contributed by atoms with van der Waals surface area (Å²) in [6, 6.07) is 3.92. The molecule has 0 unspecified atom stereocenters. The first-order valence-electron chi connectivity index (χ1n) is 4.18. The van der Waals surface area contributed by atoms with Crippen LogP contribution in [0.4, 0.5) is 0 Å². The van der Waals surface area contributed by atoms with Gasteiger partial charge in [-0.1, -0.05) is 31.5 Å². The van der Waals surface area contributed by atoms with Crippen molar-refractivity contribution in [3.63, 3.8) is 0 Å². The zero-order valence-corrected chi connectivity index (χ0v) is 8.28. The minimum Gasteiger partial charge on any atom is -0.215 e. The molecule has 2 heterocycles. The van der Waals surface area contributed by atoms with Crippen molar-refractivity contribution < 1.29 is 0 Å². The van der Waals surface area contributed by atoms with Crippen molar-refractivity contribution in [2.24, 2.45) is 0 Å². The predicted octanol–water partition coefficient (Wildman–Crippen LogP) is 2.51. The van der Waals surface area contributed by atoms with Crippen LogP contribution >= 0.6 is 11.6 Å². The van der Waals surface area contributed by atoms with Gasteiger partial charge in [-0.3, -0.25) is 0 Å². The summed E-state index contributed by atoms with van der Waals surface area (Å²) in [6.07, 6.45) is 1.51. The van der Waals surface area contributed by atoms with Crippen molar-refractivity contribution in [1.29, 1.82) is 0 Å². The summed E-state index contributed by atoms with van der Waals surface area (Å²) in [5.74, 6) is 0.404. The molecule has 2 rings (SSSR count). The number of pyridine rings is 1. The summed E-state index contributed by atoms with van der Waals surface area (Å²) >= 11 is 6.14. The fourth-order valence-corrected chi connectivity index (χ4v) is 1.71. The Kier molecular flexibility index (Phi) is 1.96. The first-order valence-corrected chi connectivity index (χ1v) is 4.56. The molecule has 0 bridgehead atoms. The SMILES string of the molecule is CC(C)c1ccc2ncnn2c1Cl. The Balaban J connectivity index is 2.73. The number of fused-ring (bicyclic) bond motifs is 1. The van der Waals surface area contributed by atoms with Gasteiger partial charge in [0, 0.05) is 0 Å². The highest BCUT2D eigenvalue weighted by Gasteiger charge is 2.08. The third-order valence-electron chi connectivity index (χ3n) is 2.03. The van der Waals surface area contributed by atoms with E-state index < -0.39 is 0 Å². The monoisotopic (exact) mass is 195 g/mol. The normalized spacial score (nSPS) is 11.4. The Bertz CT molecular complexity index is 433. The summed E-state index contributed by atoms with van der Waals surface area (Å²) in [6.45, 7) is 4.20. The summed E-state index contributed by atoms with van der Waals surface area (Å²) < 4.78 is 1.65. The van der Waals surface area contributed by atoms with Crippen LogP contribution in [0.5, 0.6) is 0 Å². The lowest BCUT2D eigenvalue weighted by Crippen LogP contribution is -1.96. The highest BCUT2D eigenvalue weighted by molar-refractivity contribution is 6.30. The first kappa shape index (κ1) is 8.51. The minimum absolute atomic E-state index is 0.404. The summed E-state index contributed by atoms with van der Waals surface area (Å²) in [5, 5.41) is 4.69. The molecule has 0 amide bonds. The lowest BCUT2D eigenvalue weighted by Gasteiger charge is -2.07. The lowest BCUT2D eigenvalue weighted by atomic mass is 10.1. The van der Waals surface area contributed by atoms with E-state index in [1.807, 2.05) is 12.1 Å². The Morgan fingerprint density at radius 3 is 2.85 bits per heavy atom. The molecule has 0 saturated carbocycles. The largest absolute Gasteiger partial charge is 0.215 e. The first-order chi connectivity index (χ1) is 6.20. The van der Waals surface area contributed by atoms with Crippen molar-refractivity contribution >= 4 is 17.2 Å². The molecule has 4 heteroatoms. The van der Waals surface area contributed by atoms with Crippen molar-refractivity contribution in [2.45, 2.75) is 19.8 Å². The highest BCUT2D eigenvalue weighted by Crippen LogP contribution is 2.23. The Hall–Kier alpha value is -1.09. The van der Waals surface area contributed by atoms with Gasteiger partial charge in [-0.25, -0.2) is 9.50 Å². The van der Waals surface area contributed by atoms with Gasteiger partial charge in [0.25, 0.3) is 0 Å². The number of halogens is 1. The van der Waals surface area contributed by atoms with Crippen molar-refractivity contribution in [3.8, 4) is 0 Å². The quantitative estimate of drug-likeness (QED) is 0.655. The van der Waals surface area contributed by atoms with Gasteiger partial charge in [0.05, 0.1) is 0 Å². The van der Waals surface area contributed by atoms with Gasteiger partial charge in [-0.15, -0.1) is 0 Å². The smallest absolute Gasteiger partial charge is 0.157 e. The number of nitrogens with zero attached hydrogens (tertiary/aromatic N) is 3. The van der Waals surface area contributed by atoms with Gasteiger partial charge in [-0.2, -0.15) is 5.10 Å². The summed E-state index contributed by atoms with van der Waals surface area (Å²) in [4.78, 5) is 4.05. The summed E-state index contributed by atoms with van der Waals surface area (Å²) in [7, 11) is 0.